The van der Waals surface area contributed by atoms with E-state index in [1.807, 2.05) is 24.3 Å². The van der Waals surface area contributed by atoms with E-state index in [-0.39, 0.29) is 0 Å². The molecule has 0 aliphatic carbocycles. The number of rotatable bonds is 4. The van der Waals surface area contributed by atoms with Crippen LogP contribution < -0.4 is 21.5 Å². The minimum Gasteiger partial charge on any atom is -0.369 e. The fourth-order valence-electron chi connectivity index (χ4n) is 2.93. The first-order valence-electron chi connectivity index (χ1n) is 8.13. The zero-order chi connectivity index (χ0) is 16.8. The highest BCUT2D eigenvalue weighted by Gasteiger charge is 2.17. The summed E-state index contributed by atoms with van der Waals surface area (Å²) >= 11 is 0. The van der Waals surface area contributed by atoms with Gasteiger partial charge < -0.3 is 10.2 Å². The van der Waals surface area contributed by atoms with E-state index in [1.54, 1.807) is 0 Å². The summed E-state index contributed by atoms with van der Waals surface area (Å²) in [6.07, 6.45) is 0. The molecule has 0 saturated carbocycles. The molecule has 2 aromatic carbocycles. The molecule has 126 valence electrons. The SMILES string of the molecule is NNC(=O)Nc1ccc(N2CCN(Cc3ccccc3)CC2)cc1. The Balaban J connectivity index is 1.52. The van der Waals surface area contributed by atoms with Crippen molar-refractivity contribution >= 4 is 17.4 Å². The zero-order valence-electron chi connectivity index (χ0n) is 13.6. The Labute approximate surface area is 142 Å². The molecular weight excluding hydrogens is 302 g/mol. The van der Waals surface area contributed by atoms with Gasteiger partial charge in [-0.25, -0.2) is 10.6 Å². The van der Waals surface area contributed by atoms with E-state index in [4.69, 9.17) is 5.84 Å². The Morgan fingerprint density at radius 3 is 2.25 bits per heavy atom. The lowest BCUT2D eigenvalue weighted by Gasteiger charge is -2.36. The van der Waals surface area contributed by atoms with Crippen LogP contribution in [0.2, 0.25) is 0 Å². The highest BCUT2D eigenvalue weighted by molar-refractivity contribution is 5.88. The molecule has 2 aromatic rings. The smallest absolute Gasteiger partial charge is 0.333 e. The Morgan fingerprint density at radius 2 is 1.62 bits per heavy atom. The second kappa shape index (κ2) is 7.81. The van der Waals surface area contributed by atoms with Crippen LogP contribution in [0.4, 0.5) is 16.2 Å². The third kappa shape index (κ3) is 4.24. The molecule has 1 fully saturated rings. The minimum absolute atomic E-state index is 0.419. The van der Waals surface area contributed by atoms with Gasteiger partial charge in [0.2, 0.25) is 0 Å². The van der Waals surface area contributed by atoms with E-state index in [0.717, 1.165) is 38.4 Å². The van der Waals surface area contributed by atoms with Crippen molar-refractivity contribution in [1.82, 2.24) is 10.3 Å². The average Bonchev–Trinajstić information content (AvgIpc) is 2.64. The molecule has 4 N–H and O–H groups in total. The minimum atomic E-state index is -0.419. The second-order valence-corrected chi connectivity index (χ2v) is 5.89. The van der Waals surface area contributed by atoms with Crippen LogP contribution >= 0.6 is 0 Å². The van der Waals surface area contributed by atoms with Gasteiger partial charge in [0.15, 0.2) is 0 Å². The summed E-state index contributed by atoms with van der Waals surface area (Å²) < 4.78 is 0. The topological polar surface area (TPSA) is 73.6 Å². The predicted octanol–water partition coefficient (Wildman–Crippen LogP) is 2.00. The number of hydrogen-bond acceptors (Lipinski definition) is 4. The van der Waals surface area contributed by atoms with Gasteiger partial charge in [0.1, 0.15) is 0 Å². The monoisotopic (exact) mass is 325 g/mol. The number of piperazine rings is 1. The van der Waals surface area contributed by atoms with Gasteiger partial charge in [0, 0.05) is 44.1 Å². The molecule has 6 nitrogen and oxygen atoms in total. The molecule has 1 aliphatic heterocycles. The largest absolute Gasteiger partial charge is 0.369 e. The Hall–Kier alpha value is -2.57. The van der Waals surface area contributed by atoms with Crippen LogP contribution in [0.1, 0.15) is 5.56 Å². The maximum atomic E-state index is 11.2. The van der Waals surface area contributed by atoms with E-state index in [0.29, 0.717) is 0 Å². The van der Waals surface area contributed by atoms with Crippen molar-refractivity contribution in [3.05, 3.63) is 60.2 Å². The van der Waals surface area contributed by atoms with Crippen molar-refractivity contribution in [2.24, 2.45) is 5.84 Å². The summed E-state index contributed by atoms with van der Waals surface area (Å²) in [5.41, 5.74) is 5.31. The molecule has 1 aliphatic rings. The molecular formula is C18H23N5O. The van der Waals surface area contributed by atoms with Crippen LogP contribution in [0.3, 0.4) is 0 Å². The molecule has 0 unspecified atom stereocenters. The molecule has 6 heteroatoms. The molecule has 0 spiro atoms. The first-order valence-corrected chi connectivity index (χ1v) is 8.13. The third-order valence-corrected chi connectivity index (χ3v) is 4.24. The molecule has 0 atom stereocenters. The standard InChI is InChI=1S/C18H23N5O/c19-21-18(24)20-16-6-8-17(9-7-16)23-12-10-22(11-13-23)14-15-4-2-1-3-5-15/h1-9H,10-14,19H2,(H2,20,21,24). The van der Waals surface area contributed by atoms with E-state index in [2.05, 4.69) is 50.9 Å². The number of nitrogens with two attached hydrogens (primary N) is 1. The number of amides is 2. The van der Waals surface area contributed by atoms with Crippen LogP contribution in [-0.2, 0) is 6.54 Å². The fourth-order valence-corrected chi connectivity index (χ4v) is 2.93. The quantitative estimate of drug-likeness (QED) is 0.457. The predicted molar refractivity (Wildman–Crippen MR) is 96.7 cm³/mol. The molecule has 0 bridgehead atoms. The number of urea groups is 1. The van der Waals surface area contributed by atoms with Crippen molar-refractivity contribution in [2.45, 2.75) is 6.54 Å². The van der Waals surface area contributed by atoms with Crippen molar-refractivity contribution < 1.29 is 4.79 Å². The number of carbonyl (C=O) groups excluding carboxylic acids is 1. The van der Waals surface area contributed by atoms with Gasteiger partial charge in [0.05, 0.1) is 0 Å². The van der Waals surface area contributed by atoms with Gasteiger partial charge in [-0.15, -0.1) is 0 Å². The number of benzene rings is 2. The lowest BCUT2D eigenvalue weighted by molar-refractivity contribution is 0.250. The van der Waals surface area contributed by atoms with E-state index in [9.17, 15) is 4.79 Å². The van der Waals surface area contributed by atoms with Crippen molar-refractivity contribution in [3.63, 3.8) is 0 Å². The highest BCUT2D eigenvalue weighted by Crippen LogP contribution is 2.20. The molecule has 2 amide bonds. The summed E-state index contributed by atoms with van der Waals surface area (Å²) in [7, 11) is 0. The van der Waals surface area contributed by atoms with Gasteiger partial charge in [0.25, 0.3) is 0 Å². The summed E-state index contributed by atoms with van der Waals surface area (Å²) in [5, 5.41) is 2.65. The number of hydrazine groups is 1. The lowest BCUT2D eigenvalue weighted by atomic mass is 10.2. The summed E-state index contributed by atoms with van der Waals surface area (Å²) in [5.74, 6) is 5.06. The van der Waals surface area contributed by atoms with Gasteiger partial charge in [-0.05, 0) is 29.8 Å². The van der Waals surface area contributed by atoms with E-state index < -0.39 is 6.03 Å². The summed E-state index contributed by atoms with van der Waals surface area (Å²) in [6, 6.07) is 18.0. The lowest BCUT2D eigenvalue weighted by Crippen LogP contribution is -2.45. The van der Waals surface area contributed by atoms with Crippen LogP contribution in [0.15, 0.2) is 54.6 Å². The van der Waals surface area contributed by atoms with Crippen molar-refractivity contribution in [2.75, 3.05) is 36.4 Å². The van der Waals surface area contributed by atoms with Crippen LogP contribution in [0, 0.1) is 0 Å². The normalized spacial score (nSPS) is 15.1. The second-order valence-electron chi connectivity index (χ2n) is 5.89. The van der Waals surface area contributed by atoms with Crippen molar-refractivity contribution in [1.29, 1.82) is 0 Å². The zero-order valence-corrected chi connectivity index (χ0v) is 13.6. The Morgan fingerprint density at radius 1 is 0.958 bits per heavy atom. The number of anilines is 2. The van der Waals surface area contributed by atoms with Crippen LogP contribution in [0.5, 0.6) is 0 Å². The van der Waals surface area contributed by atoms with Gasteiger partial charge in [-0.1, -0.05) is 30.3 Å². The number of carbonyl (C=O) groups is 1. The fraction of sp³-hybridized carbons (Fsp3) is 0.278. The molecule has 1 saturated heterocycles. The van der Waals surface area contributed by atoms with Crippen LogP contribution in [0.25, 0.3) is 0 Å². The Bertz CT molecular complexity index is 651. The molecule has 1 heterocycles. The summed E-state index contributed by atoms with van der Waals surface area (Å²) in [4.78, 5) is 16.0. The first kappa shape index (κ1) is 16.3. The number of nitrogens with zero attached hydrogens (tertiary/aromatic N) is 2. The summed E-state index contributed by atoms with van der Waals surface area (Å²) in [6.45, 7) is 5.10. The maximum Gasteiger partial charge on any atom is 0.333 e. The maximum absolute atomic E-state index is 11.2. The average molecular weight is 325 g/mol. The van der Waals surface area contributed by atoms with Gasteiger partial charge in [-0.3, -0.25) is 10.3 Å². The molecule has 0 aromatic heterocycles. The Kier molecular flexibility index (Phi) is 5.30. The van der Waals surface area contributed by atoms with E-state index in [1.165, 1.54) is 11.3 Å². The van der Waals surface area contributed by atoms with E-state index >= 15 is 0 Å². The molecule has 24 heavy (non-hydrogen) atoms. The first-order chi connectivity index (χ1) is 11.7. The van der Waals surface area contributed by atoms with Gasteiger partial charge >= 0.3 is 6.03 Å². The number of nitrogens with one attached hydrogen (secondary N) is 2. The number of hydrogen-bond donors (Lipinski definition) is 3. The molecule has 0 radical (unpaired) electrons. The van der Waals surface area contributed by atoms with Crippen LogP contribution in [-0.4, -0.2) is 37.1 Å². The van der Waals surface area contributed by atoms with Gasteiger partial charge in [-0.2, -0.15) is 0 Å². The molecule has 3 rings (SSSR count). The third-order valence-electron chi connectivity index (χ3n) is 4.24. The van der Waals surface area contributed by atoms with Crippen molar-refractivity contribution in [3.8, 4) is 0 Å². The highest BCUT2D eigenvalue weighted by atomic mass is 16.2.